The van der Waals surface area contributed by atoms with E-state index in [0.717, 1.165) is 56.9 Å². The second kappa shape index (κ2) is 9.15. The summed E-state index contributed by atoms with van der Waals surface area (Å²) in [5.74, 6) is 0.924. The van der Waals surface area contributed by atoms with E-state index in [9.17, 15) is 9.59 Å². The molecule has 0 aliphatic carbocycles. The molecule has 0 radical (unpaired) electrons. The zero-order valence-corrected chi connectivity index (χ0v) is 13.7. The van der Waals surface area contributed by atoms with Crippen LogP contribution in [0.15, 0.2) is 24.3 Å². The average molecular weight is 319 g/mol. The standard InChI is InChI=1S/C17H25N3O3/c1-23-16-5-3-2-4-15(16)6-8-18-17(22)7-9-19-10-12-20(14-21)13-11-19/h2-5,14H,6-13H2,1H3,(H,18,22). The van der Waals surface area contributed by atoms with Crippen LogP contribution < -0.4 is 10.1 Å². The van der Waals surface area contributed by atoms with Crippen molar-refractivity contribution in [2.45, 2.75) is 12.8 Å². The molecule has 1 heterocycles. The minimum Gasteiger partial charge on any atom is -0.496 e. The topological polar surface area (TPSA) is 61.9 Å². The van der Waals surface area contributed by atoms with E-state index in [2.05, 4.69) is 10.2 Å². The molecule has 1 N–H and O–H groups in total. The van der Waals surface area contributed by atoms with Gasteiger partial charge in [-0.3, -0.25) is 14.5 Å². The van der Waals surface area contributed by atoms with Gasteiger partial charge in [-0.15, -0.1) is 0 Å². The van der Waals surface area contributed by atoms with E-state index >= 15 is 0 Å². The Bertz CT molecular complexity index is 514. The van der Waals surface area contributed by atoms with Crippen molar-refractivity contribution in [1.29, 1.82) is 0 Å². The molecule has 1 aliphatic heterocycles. The normalized spacial score (nSPS) is 15.3. The first-order valence-electron chi connectivity index (χ1n) is 8.03. The summed E-state index contributed by atoms with van der Waals surface area (Å²) in [4.78, 5) is 26.6. The molecule has 0 saturated carbocycles. The monoisotopic (exact) mass is 319 g/mol. The van der Waals surface area contributed by atoms with E-state index < -0.39 is 0 Å². The van der Waals surface area contributed by atoms with Gasteiger partial charge in [0.05, 0.1) is 7.11 Å². The van der Waals surface area contributed by atoms with Gasteiger partial charge < -0.3 is 15.0 Å². The lowest BCUT2D eigenvalue weighted by atomic mass is 10.1. The molecule has 1 fully saturated rings. The zero-order chi connectivity index (χ0) is 16.5. The van der Waals surface area contributed by atoms with Crippen molar-refractivity contribution in [3.05, 3.63) is 29.8 Å². The highest BCUT2D eigenvalue weighted by atomic mass is 16.5. The van der Waals surface area contributed by atoms with Crippen LogP contribution in [0, 0.1) is 0 Å². The van der Waals surface area contributed by atoms with Crippen molar-refractivity contribution in [1.82, 2.24) is 15.1 Å². The highest BCUT2D eigenvalue weighted by molar-refractivity contribution is 5.76. The lowest BCUT2D eigenvalue weighted by Crippen LogP contribution is -2.46. The molecule has 0 spiro atoms. The Kier molecular flexibility index (Phi) is 6.87. The minimum atomic E-state index is 0.0673. The second-order valence-electron chi connectivity index (χ2n) is 5.64. The van der Waals surface area contributed by atoms with E-state index in [1.807, 2.05) is 24.3 Å². The molecule has 0 aromatic heterocycles. The summed E-state index contributed by atoms with van der Waals surface area (Å²) in [5.41, 5.74) is 1.10. The predicted molar refractivity (Wildman–Crippen MR) is 88.4 cm³/mol. The van der Waals surface area contributed by atoms with E-state index in [0.29, 0.717) is 13.0 Å². The van der Waals surface area contributed by atoms with Gasteiger partial charge >= 0.3 is 0 Å². The lowest BCUT2D eigenvalue weighted by molar-refractivity contribution is -0.122. The van der Waals surface area contributed by atoms with Crippen LogP contribution in [-0.2, 0) is 16.0 Å². The summed E-state index contributed by atoms with van der Waals surface area (Å²) in [6.07, 6.45) is 2.14. The van der Waals surface area contributed by atoms with Gasteiger partial charge in [-0.05, 0) is 18.1 Å². The number of rotatable bonds is 8. The Morgan fingerprint density at radius 1 is 1.26 bits per heavy atom. The van der Waals surface area contributed by atoms with Crippen LogP contribution in [0.25, 0.3) is 0 Å². The number of hydrogen-bond acceptors (Lipinski definition) is 4. The summed E-state index contributed by atoms with van der Waals surface area (Å²) in [5, 5.41) is 2.95. The van der Waals surface area contributed by atoms with Gasteiger partial charge in [0.2, 0.25) is 12.3 Å². The molecule has 126 valence electrons. The van der Waals surface area contributed by atoms with Gasteiger partial charge in [-0.2, -0.15) is 0 Å². The molecular weight excluding hydrogens is 294 g/mol. The molecule has 1 aliphatic rings. The third kappa shape index (κ3) is 5.56. The Labute approximate surface area is 137 Å². The van der Waals surface area contributed by atoms with Gasteiger partial charge in [0, 0.05) is 45.7 Å². The highest BCUT2D eigenvalue weighted by Gasteiger charge is 2.15. The molecule has 23 heavy (non-hydrogen) atoms. The molecule has 1 saturated heterocycles. The first-order valence-corrected chi connectivity index (χ1v) is 8.03. The molecule has 2 amide bonds. The first-order chi connectivity index (χ1) is 11.2. The Balaban J connectivity index is 1.63. The Morgan fingerprint density at radius 3 is 2.70 bits per heavy atom. The molecule has 1 aromatic rings. The van der Waals surface area contributed by atoms with Crippen molar-refractivity contribution in [2.75, 3.05) is 46.4 Å². The summed E-state index contributed by atoms with van der Waals surface area (Å²) in [6.45, 7) is 4.53. The predicted octanol–water partition coefficient (Wildman–Crippen LogP) is 0.518. The molecule has 6 nitrogen and oxygen atoms in total. The number of amides is 2. The van der Waals surface area contributed by atoms with E-state index in [1.165, 1.54) is 0 Å². The van der Waals surface area contributed by atoms with Gasteiger partial charge in [-0.1, -0.05) is 18.2 Å². The summed E-state index contributed by atoms with van der Waals surface area (Å²) >= 11 is 0. The number of para-hydroxylation sites is 1. The lowest BCUT2D eigenvalue weighted by Gasteiger charge is -2.32. The van der Waals surface area contributed by atoms with Crippen molar-refractivity contribution >= 4 is 12.3 Å². The van der Waals surface area contributed by atoms with Crippen LogP contribution in [0.3, 0.4) is 0 Å². The fourth-order valence-corrected chi connectivity index (χ4v) is 2.69. The number of nitrogens with zero attached hydrogens (tertiary/aromatic N) is 2. The molecule has 2 rings (SSSR count). The second-order valence-corrected chi connectivity index (χ2v) is 5.64. The molecule has 0 bridgehead atoms. The summed E-state index contributed by atoms with van der Waals surface area (Å²) in [7, 11) is 1.65. The number of hydrogen-bond donors (Lipinski definition) is 1. The number of methoxy groups -OCH3 is 1. The SMILES string of the molecule is COc1ccccc1CCNC(=O)CCN1CCN(C=O)CC1. The third-order valence-corrected chi connectivity index (χ3v) is 4.12. The quantitative estimate of drug-likeness (QED) is 0.710. The number of ether oxygens (including phenoxy) is 1. The van der Waals surface area contributed by atoms with E-state index in [1.54, 1.807) is 12.0 Å². The van der Waals surface area contributed by atoms with Crippen molar-refractivity contribution in [2.24, 2.45) is 0 Å². The van der Waals surface area contributed by atoms with Crippen molar-refractivity contribution in [3.63, 3.8) is 0 Å². The number of piperazine rings is 1. The van der Waals surface area contributed by atoms with Crippen LogP contribution in [0.2, 0.25) is 0 Å². The molecule has 0 atom stereocenters. The number of benzene rings is 1. The van der Waals surface area contributed by atoms with Crippen molar-refractivity contribution < 1.29 is 14.3 Å². The Hall–Kier alpha value is -2.08. The number of carbonyl (C=O) groups is 2. The van der Waals surface area contributed by atoms with Crippen LogP contribution in [0.4, 0.5) is 0 Å². The third-order valence-electron chi connectivity index (χ3n) is 4.12. The van der Waals surface area contributed by atoms with Gasteiger partial charge in [0.25, 0.3) is 0 Å². The summed E-state index contributed by atoms with van der Waals surface area (Å²) in [6, 6.07) is 7.84. The van der Waals surface area contributed by atoms with E-state index in [4.69, 9.17) is 4.74 Å². The maximum absolute atomic E-state index is 11.9. The summed E-state index contributed by atoms with van der Waals surface area (Å²) < 4.78 is 5.30. The van der Waals surface area contributed by atoms with Crippen LogP contribution in [0.1, 0.15) is 12.0 Å². The van der Waals surface area contributed by atoms with Gasteiger partial charge in [0.1, 0.15) is 5.75 Å². The first kappa shape index (κ1) is 17.3. The fourth-order valence-electron chi connectivity index (χ4n) is 2.69. The maximum atomic E-state index is 11.9. The zero-order valence-electron chi connectivity index (χ0n) is 13.7. The van der Waals surface area contributed by atoms with Gasteiger partial charge in [0.15, 0.2) is 0 Å². The molecule has 0 unspecified atom stereocenters. The molecule has 1 aromatic carbocycles. The Morgan fingerprint density at radius 2 is 2.00 bits per heavy atom. The largest absolute Gasteiger partial charge is 0.496 e. The van der Waals surface area contributed by atoms with Gasteiger partial charge in [-0.25, -0.2) is 0 Å². The highest BCUT2D eigenvalue weighted by Crippen LogP contribution is 2.17. The number of carbonyl (C=O) groups excluding carboxylic acids is 2. The van der Waals surface area contributed by atoms with Crippen molar-refractivity contribution in [3.8, 4) is 5.75 Å². The van der Waals surface area contributed by atoms with E-state index in [-0.39, 0.29) is 5.91 Å². The fraction of sp³-hybridized carbons (Fsp3) is 0.529. The maximum Gasteiger partial charge on any atom is 0.221 e. The average Bonchev–Trinajstić information content (AvgIpc) is 2.61. The number of nitrogens with one attached hydrogen (secondary N) is 1. The minimum absolute atomic E-state index is 0.0673. The van der Waals surface area contributed by atoms with Crippen LogP contribution in [0.5, 0.6) is 5.75 Å². The van der Waals surface area contributed by atoms with Crippen LogP contribution in [-0.4, -0.2) is 68.5 Å². The molecule has 6 heteroatoms. The van der Waals surface area contributed by atoms with Crippen LogP contribution >= 0.6 is 0 Å². The smallest absolute Gasteiger partial charge is 0.221 e. The molecular formula is C17H25N3O3.